The summed E-state index contributed by atoms with van der Waals surface area (Å²) in [6.07, 6.45) is 5.25. The number of likely N-dealkylation sites (tertiary alicyclic amines) is 2. The number of phenols is 1. The van der Waals surface area contributed by atoms with E-state index in [1.165, 1.54) is 34.5 Å². The van der Waals surface area contributed by atoms with E-state index in [-0.39, 0.29) is 17.6 Å². The van der Waals surface area contributed by atoms with Crippen LogP contribution in [0.5, 0.6) is 40.2 Å². The number of carbonyl (C=O) groups is 4. The number of nitrogens with zero attached hydrogens (tertiary/aromatic N) is 2. The van der Waals surface area contributed by atoms with E-state index in [0.29, 0.717) is 91.8 Å². The first kappa shape index (κ1) is 63.1. The second-order valence-corrected chi connectivity index (χ2v) is 19.2. The number of rotatable bonds is 25. The number of hydrogen-bond acceptors (Lipinski definition) is 18. The molecule has 0 unspecified atom stereocenters. The molecule has 0 radical (unpaired) electrons. The van der Waals surface area contributed by atoms with Gasteiger partial charge >= 0.3 is 33.2 Å². The zero-order valence-corrected chi connectivity index (χ0v) is 46.1. The molecule has 2 heterocycles. The van der Waals surface area contributed by atoms with Crippen LogP contribution < -0.4 is 39.6 Å². The van der Waals surface area contributed by atoms with Crippen LogP contribution in [0.2, 0.25) is 13.6 Å². The summed E-state index contributed by atoms with van der Waals surface area (Å²) < 4.78 is 36.5. The molecule has 77 heavy (non-hydrogen) atoms. The van der Waals surface area contributed by atoms with E-state index in [1.807, 2.05) is 38.1 Å². The van der Waals surface area contributed by atoms with E-state index in [0.717, 1.165) is 36.8 Å². The standard InChI is InChI=1S/C27H37BN2O7.C19H29BN2O5.C8H11BO4/c1-27(15-17-30(26(27)32)22(25(31)36-5)8-6-7-16-29-28(2)33)19-9-11-20(12-10-19)37-21-13-14-23(34-3)24(18-21)35-4;1-19(14-7-9-15(23)10-8-14)11-13-22(18(19)25)16(17(24)27-3)6-4-5-12-21-20(2)26;1-12-7-4-3-6(9(10)11)5-8(7)13-2/h9-14,18,22,29,33H,6-8,15-17H2,1-5H3;7-10,16,21,23,26H,4-6,11-13H2,1-3H3;3-5,10-11H,1-2H3/t22-,27+;16-,19+;/m11./s1. The van der Waals surface area contributed by atoms with Gasteiger partial charge in [0, 0.05) is 19.2 Å². The average Bonchev–Trinajstić information content (AvgIpc) is 3.95. The van der Waals surface area contributed by atoms with Gasteiger partial charge in [-0.05, 0) is 157 Å². The van der Waals surface area contributed by atoms with Crippen LogP contribution in [0.15, 0.2) is 84.9 Å². The molecular formula is C54H77B3N4O16. The van der Waals surface area contributed by atoms with Crippen molar-refractivity contribution in [3.8, 4) is 40.2 Å². The van der Waals surface area contributed by atoms with Gasteiger partial charge in [0.2, 0.25) is 11.8 Å². The Morgan fingerprint density at radius 1 is 0.571 bits per heavy atom. The molecule has 0 bridgehead atoms. The van der Waals surface area contributed by atoms with Gasteiger partial charge in [-0.25, -0.2) is 9.59 Å². The third-order valence-corrected chi connectivity index (χ3v) is 13.9. The summed E-state index contributed by atoms with van der Waals surface area (Å²) in [7, 11) is 6.22. The van der Waals surface area contributed by atoms with Crippen LogP contribution in [0.25, 0.3) is 0 Å². The van der Waals surface area contributed by atoms with Crippen LogP contribution in [-0.4, -0.2) is 161 Å². The fourth-order valence-corrected chi connectivity index (χ4v) is 9.24. The Kier molecular flexibility index (Phi) is 24.9. The number of benzene rings is 4. The minimum Gasteiger partial charge on any atom is -0.508 e. The molecule has 6 rings (SSSR count). The van der Waals surface area contributed by atoms with Crippen LogP contribution in [0, 0.1) is 0 Å². The van der Waals surface area contributed by atoms with Crippen molar-refractivity contribution in [2.24, 2.45) is 0 Å². The highest BCUT2D eigenvalue weighted by Gasteiger charge is 2.49. The summed E-state index contributed by atoms with van der Waals surface area (Å²) in [6, 6.07) is 22.9. The molecule has 4 atom stereocenters. The zero-order chi connectivity index (χ0) is 56.9. The fourth-order valence-electron chi connectivity index (χ4n) is 9.24. The van der Waals surface area contributed by atoms with Gasteiger partial charge < -0.3 is 78.6 Å². The molecular weight excluding hydrogens is 993 g/mol. The van der Waals surface area contributed by atoms with Gasteiger partial charge in [0.15, 0.2) is 23.0 Å². The summed E-state index contributed by atoms with van der Waals surface area (Å²) in [5, 5.41) is 51.6. The minimum absolute atomic E-state index is 0.0847. The third-order valence-electron chi connectivity index (χ3n) is 13.9. The van der Waals surface area contributed by atoms with E-state index < -0.39 is 56.1 Å². The van der Waals surface area contributed by atoms with Gasteiger partial charge in [-0.2, -0.15) is 0 Å². The molecule has 4 aromatic carbocycles. The van der Waals surface area contributed by atoms with Crippen LogP contribution in [0.4, 0.5) is 0 Å². The highest BCUT2D eigenvalue weighted by Crippen LogP contribution is 2.40. The molecule has 4 aromatic rings. The lowest BCUT2D eigenvalue weighted by Crippen LogP contribution is -2.46. The number of esters is 2. The molecule has 7 N–H and O–H groups in total. The maximum Gasteiger partial charge on any atom is 0.488 e. The van der Waals surface area contributed by atoms with E-state index in [1.54, 1.807) is 92.3 Å². The van der Waals surface area contributed by atoms with Crippen molar-refractivity contribution in [1.29, 1.82) is 0 Å². The van der Waals surface area contributed by atoms with E-state index in [9.17, 15) is 34.3 Å². The smallest absolute Gasteiger partial charge is 0.488 e. The number of nitrogens with one attached hydrogen (secondary N) is 2. The van der Waals surface area contributed by atoms with Crippen molar-refractivity contribution in [3.63, 3.8) is 0 Å². The van der Waals surface area contributed by atoms with Crippen molar-refractivity contribution in [3.05, 3.63) is 96.1 Å². The maximum atomic E-state index is 13.6. The van der Waals surface area contributed by atoms with E-state index in [2.05, 4.69) is 10.5 Å². The number of amides is 2. The van der Waals surface area contributed by atoms with E-state index in [4.69, 9.17) is 43.2 Å². The second kappa shape index (κ2) is 30.5. The molecule has 2 aliphatic rings. The second-order valence-electron chi connectivity index (χ2n) is 19.2. The minimum atomic E-state index is -1.49. The Morgan fingerprint density at radius 3 is 1.38 bits per heavy atom. The normalized spacial score (nSPS) is 17.4. The van der Waals surface area contributed by atoms with Crippen molar-refractivity contribution >= 4 is 50.4 Å². The van der Waals surface area contributed by atoms with Crippen LogP contribution in [0.1, 0.15) is 76.3 Å². The van der Waals surface area contributed by atoms with Gasteiger partial charge in [-0.1, -0.05) is 30.3 Å². The molecule has 0 aliphatic carbocycles. The van der Waals surface area contributed by atoms with Gasteiger partial charge in [0.1, 0.15) is 29.3 Å². The number of ether oxygens (including phenoxy) is 7. The molecule has 2 saturated heterocycles. The van der Waals surface area contributed by atoms with Crippen LogP contribution in [-0.2, 0) is 39.5 Å². The Bertz CT molecular complexity index is 2510. The van der Waals surface area contributed by atoms with Gasteiger partial charge in [-0.3, -0.25) is 9.59 Å². The van der Waals surface area contributed by atoms with Gasteiger partial charge in [0.25, 0.3) is 0 Å². The Morgan fingerprint density at radius 2 is 0.974 bits per heavy atom. The SMILES string of the molecule is COC(=O)[C@@H](CCCCNB(C)O)N1CC[C@@](C)(c2ccc(O)cc2)C1=O.COC(=O)[C@@H](CCCCNB(C)O)N1CC[C@@](C)(c2ccc(Oc3ccc(OC)c(OC)c3)cc2)C1=O.COc1ccc(B(O)O)cc1OC. The lowest BCUT2D eigenvalue weighted by atomic mass is 9.80. The Labute approximate surface area is 453 Å². The predicted molar refractivity (Wildman–Crippen MR) is 294 cm³/mol. The first-order chi connectivity index (χ1) is 36.7. The Balaban J connectivity index is 0.000000278. The van der Waals surface area contributed by atoms with Crippen molar-refractivity contribution < 1.29 is 77.5 Å². The van der Waals surface area contributed by atoms with Crippen molar-refractivity contribution in [1.82, 2.24) is 20.3 Å². The number of hydrogen-bond donors (Lipinski definition) is 7. The fraction of sp³-hybridized carbons (Fsp3) is 0.481. The lowest BCUT2D eigenvalue weighted by molar-refractivity contribution is -0.152. The molecule has 2 aliphatic heterocycles. The Hall–Kier alpha value is -6.49. The highest BCUT2D eigenvalue weighted by molar-refractivity contribution is 6.58. The first-order valence-electron chi connectivity index (χ1n) is 25.7. The number of aromatic hydroxyl groups is 1. The molecule has 0 aromatic heterocycles. The number of carbonyl (C=O) groups excluding carboxylic acids is 4. The molecule has 23 heteroatoms. The topological polar surface area (TPSA) is 265 Å². The number of phenolic OH excluding ortho intramolecular Hbond substituents is 1. The molecule has 2 fully saturated rings. The zero-order valence-electron chi connectivity index (χ0n) is 46.1. The summed E-state index contributed by atoms with van der Waals surface area (Å²) in [6.45, 7) is 9.36. The summed E-state index contributed by atoms with van der Waals surface area (Å²) in [4.78, 5) is 54.9. The lowest BCUT2D eigenvalue weighted by Gasteiger charge is -2.29. The molecule has 20 nitrogen and oxygen atoms in total. The third kappa shape index (κ3) is 17.3. The predicted octanol–water partition coefficient (Wildman–Crippen LogP) is 4.08. The number of methoxy groups -OCH3 is 6. The average molecular weight is 1070 g/mol. The van der Waals surface area contributed by atoms with E-state index >= 15 is 0 Å². The largest absolute Gasteiger partial charge is 0.508 e. The van der Waals surface area contributed by atoms with Gasteiger partial charge in [0.05, 0.1) is 53.5 Å². The monoisotopic (exact) mass is 1070 g/mol. The quantitative estimate of drug-likeness (QED) is 0.0280. The summed E-state index contributed by atoms with van der Waals surface area (Å²) in [5.41, 5.74) is 0.607. The number of unbranched alkanes of at least 4 members (excludes halogenated alkanes) is 2. The highest BCUT2D eigenvalue weighted by atomic mass is 16.5. The summed E-state index contributed by atoms with van der Waals surface area (Å²) >= 11 is 0. The molecule has 2 amide bonds. The van der Waals surface area contributed by atoms with Crippen LogP contribution >= 0.6 is 0 Å². The van der Waals surface area contributed by atoms with Gasteiger partial charge in [-0.15, -0.1) is 0 Å². The molecule has 418 valence electrons. The molecule has 0 spiro atoms. The maximum absolute atomic E-state index is 13.6. The van der Waals surface area contributed by atoms with Crippen LogP contribution in [0.3, 0.4) is 0 Å². The summed E-state index contributed by atoms with van der Waals surface area (Å²) in [5.74, 6) is 2.63. The van der Waals surface area contributed by atoms with Crippen molar-refractivity contribution in [2.75, 3.05) is 68.8 Å². The molecule has 0 saturated carbocycles. The first-order valence-corrected chi connectivity index (χ1v) is 25.7. The van der Waals surface area contributed by atoms with Crippen molar-refractivity contribution in [2.45, 2.75) is 102 Å².